The fourth-order valence-electron chi connectivity index (χ4n) is 4.30. The van der Waals surface area contributed by atoms with Crippen LogP contribution in [0.15, 0.2) is 29.1 Å². The Labute approximate surface area is 190 Å². The molecule has 1 unspecified atom stereocenters. The van der Waals surface area contributed by atoms with Crippen molar-refractivity contribution in [2.24, 2.45) is 7.05 Å². The zero-order valence-corrected chi connectivity index (χ0v) is 19.7. The highest BCUT2D eigenvalue weighted by Crippen LogP contribution is 2.33. The fraction of sp³-hybridized carbons (Fsp3) is 0.409. The molecule has 0 aliphatic carbocycles. The third kappa shape index (κ3) is 4.24. The number of benzene rings is 1. The molecule has 1 amide bonds. The van der Waals surface area contributed by atoms with E-state index in [0.29, 0.717) is 29.9 Å². The maximum absolute atomic E-state index is 14.0. The van der Waals surface area contributed by atoms with Gasteiger partial charge in [0.15, 0.2) is 0 Å². The number of aryl methyl sites for hydroxylation is 1. The summed E-state index contributed by atoms with van der Waals surface area (Å²) in [6, 6.07) is 4.74. The molecule has 1 atom stereocenters. The number of nitrogens with zero attached hydrogens (tertiary/aromatic N) is 4. The van der Waals surface area contributed by atoms with Crippen molar-refractivity contribution in [3.8, 4) is 0 Å². The van der Waals surface area contributed by atoms with Crippen LogP contribution in [0.1, 0.15) is 52.6 Å². The zero-order chi connectivity index (χ0) is 24.1. The summed E-state index contributed by atoms with van der Waals surface area (Å²) in [6.07, 6.45) is 3.19. The van der Waals surface area contributed by atoms with Gasteiger partial charge in [0.25, 0.3) is 11.5 Å². The van der Waals surface area contributed by atoms with Gasteiger partial charge in [0.1, 0.15) is 11.5 Å². The standard InChI is InChI=1S/C22H26FN5O4S/c1-13-14(2)26(3)20-12-18(24-28(20)21(13)29)19-7-5-6-10-27(19)22(30)16-11-15(23)8-9-17(16)25-33(4,31)32/h8-9,11-12,19,25H,5-7,10H2,1-4H3. The molecule has 2 aromatic heterocycles. The number of aromatic nitrogens is 3. The van der Waals surface area contributed by atoms with E-state index in [0.717, 1.165) is 36.9 Å². The van der Waals surface area contributed by atoms with E-state index in [2.05, 4.69) is 9.82 Å². The smallest absolute Gasteiger partial charge is 0.277 e. The summed E-state index contributed by atoms with van der Waals surface area (Å²) in [5.41, 5.74) is 2.32. The first-order chi connectivity index (χ1) is 15.5. The number of hydrogen-bond acceptors (Lipinski definition) is 5. The summed E-state index contributed by atoms with van der Waals surface area (Å²) in [4.78, 5) is 27.9. The average molecular weight is 476 g/mol. The van der Waals surface area contributed by atoms with Gasteiger partial charge in [-0.3, -0.25) is 14.3 Å². The van der Waals surface area contributed by atoms with Crippen molar-refractivity contribution < 1.29 is 17.6 Å². The predicted octanol–water partition coefficient (Wildman–Crippen LogP) is 2.53. The van der Waals surface area contributed by atoms with Gasteiger partial charge < -0.3 is 9.47 Å². The number of piperidine rings is 1. The van der Waals surface area contributed by atoms with Gasteiger partial charge in [0.05, 0.1) is 29.2 Å². The number of halogens is 1. The number of amides is 1. The first kappa shape index (κ1) is 23.0. The molecule has 4 rings (SSSR count). The minimum absolute atomic E-state index is 0.0164. The van der Waals surface area contributed by atoms with Gasteiger partial charge >= 0.3 is 0 Å². The number of fused-ring (bicyclic) bond motifs is 1. The summed E-state index contributed by atoms with van der Waals surface area (Å²) in [7, 11) is -1.82. The lowest BCUT2D eigenvalue weighted by Gasteiger charge is -2.35. The first-order valence-electron chi connectivity index (χ1n) is 10.6. The molecule has 3 aromatic rings. The summed E-state index contributed by atoms with van der Waals surface area (Å²) in [5.74, 6) is -1.14. The lowest BCUT2D eigenvalue weighted by molar-refractivity contribution is 0.0606. The largest absolute Gasteiger partial charge is 0.333 e. The lowest BCUT2D eigenvalue weighted by atomic mass is 9.98. The second-order valence-electron chi connectivity index (χ2n) is 8.49. The van der Waals surface area contributed by atoms with Crippen molar-refractivity contribution in [1.82, 2.24) is 19.1 Å². The van der Waals surface area contributed by atoms with E-state index in [1.165, 1.54) is 10.6 Å². The van der Waals surface area contributed by atoms with Gasteiger partial charge in [0, 0.05) is 30.9 Å². The van der Waals surface area contributed by atoms with E-state index in [-0.39, 0.29) is 16.8 Å². The molecule has 11 heteroatoms. The highest BCUT2D eigenvalue weighted by molar-refractivity contribution is 7.92. The van der Waals surface area contributed by atoms with Crippen molar-refractivity contribution in [3.05, 3.63) is 63.0 Å². The minimum atomic E-state index is -3.67. The Morgan fingerprint density at radius 1 is 1.21 bits per heavy atom. The fourth-order valence-corrected chi connectivity index (χ4v) is 4.87. The summed E-state index contributed by atoms with van der Waals surface area (Å²) in [5, 5.41) is 4.53. The van der Waals surface area contributed by atoms with Crippen LogP contribution in [0.4, 0.5) is 10.1 Å². The van der Waals surface area contributed by atoms with Crippen LogP contribution in [-0.4, -0.2) is 46.2 Å². The molecule has 1 aliphatic heterocycles. The van der Waals surface area contributed by atoms with E-state index in [9.17, 15) is 22.4 Å². The Bertz CT molecular complexity index is 1430. The summed E-state index contributed by atoms with van der Waals surface area (Å²) < 4.78 is 43.1. The molecule has 1 N–H and O–H groups in total. The highest BCUT2D eigenvalue weighted by atomic mass is 32.2. The molecular weight excluding hydrogens is 449 g/mol. The lowest BCUT2D eigenvalue weighted by Crippen LogP contribution is -2.39. The van der Waals surface area contributed by atoms with Crippen LogP contribution < -0.4 is 10.3 Å². The van der Waals surface area contributed by atoms with Crippen LogP contribution in [0.3, 0.4) is 0 Å². The summed E-state index contributed by atoms with van der Waals surface area (Å²) in [6.45, 7) is 4.01. The number of likely N-dealkylation sites (tertiary alicyclic amines) is 1. The molecule has 1 fully saturated rings. The minimum Gasteiger partial charge on any atom is -0.333 e. The summed E-state index contributed by atoms with van der Waals surface area (Å²) >= 11 is 0. The van der Waals surface area contributed by atoms with E-state index in [1.807, 2.05) is 18.5 Å². The third-order valence-corrected chi connectivity index (χ3v) is 6.82. The van der Waals surface area contributed by atoms with Gasteiger partial charge in [-0.1, -0.05) is 0 Å². The van der Waals surface area contributed by atoms with E-state index < -0.39 is 27.8 Å². The molecule has 3 heterocycles. The van der Waals surface area contributed by atoms with Crippen LogP contribution in [0.5, 0.6) is 0 Å². The quantitative estimate of drug-likeness (QED) is 0.624. The van der Waals surface area contributed by atoms with E-state index >= 15 is 0 Å². The third-order valence-electron chi connectivity index (χ3n) is 6.22. The second kappa shape index (κ2) is 8.29. The number of nitrogens with one attached hydrogen (secondary N) is 1. The normalized spacial score (nSPS) is 16.9. The van der Waals surface area contributed by atoms with Crippen LogP contribution in [0.25, 0.3) is 5.65 Å². The molecule has 1 aromatic carbocycles. The van der Waals surface area contributed by atoms with E-state index in [4.69, 9.17) is 0 Å². The Hall–Kier alpha value is -3.21. The molecule has 1 aliphatic rings. The molecule has 0 saturated carbocycles. The molecule has 0 radical (unpaired) electrons. The zero-order valence-electron chi connectivity index (χ0n) is 18.9. The second-order valence-corrected chi connectivity index (χ2v) is 10.2. The number of rotatable bonds is 4. The van der Waals surface area contributed by atoms with Crippen molar-refractivity contribution in [1.29, 1.82) is 0 Å². The number of carbonyl (C=O) groups excluding carboxylic acids is 1. The number of carbonyl (C=O) groups is 1. The van der Waals surface area contributed by atoms with Crippen LogP contribution in [0, 0.1) is 19.7 Å². The van der Waals surface area contributed by atoms with Crippen LogP contribution in [0.2, 0.25) is 0 Å². The average Bonchev–Trinajstić information content (AvgIpc) is 3.22. The van der Waals surface area contributed by atoms with Gasteiger partial charge in [0.2, 0.25) is 10.0 Å². The van der Waals surface area contributed by atoms with Crippen molar-refractivity contribution in [3.63, 3.8) is 0 Å². The van der Waals surface area contributed by atoms with E-state index in [1.54, 1.807) is 17.9 Å². The van der Waals surface area contributed by atoms with Crippen LogP contribution >= 0.6 is 0 Å². The topological polar surface area (TPSA) is 106 Å². The van der Waals surface area contributed by atoms with Gasteiger partial charge in [-0.25, -0.2) is 12.8 Å². The highest BCUT2D eigenvalue weighted by Gasteiger charge is 2.32. The maximum atomic E-state index is 14.0. The molecule has 33 heavy (non-hydrogen) atoms. The monoisotopic (exact) mass is 475 g/mol. The Morgan fingerprint density at radius 2 is 1.94 bits per heavy atom. The molecule has 9 nitrogen and oxygen atoms in total. The number of anilines is 1. The van der Waals surface area contributed by atoms with Crippen molar-refractivity contribution >= 4 is 27.3 Å². The van der Waals surface area contributed by atoms with Gasteiger partial charge in [-0.15, -0.1) is 0 Å². The molecule has 1 saturated heterocycles. The maximum Gasteiger partial charge on any atom is 0.277 e. The first-order valence-corrected chi connectivity index (χ1v) is 12.5. The Kier molecular flexibility index (Phi) is 5.77. The van der Waals surface area contributed by atoms with Gasteiger partial charge in [-0.05, 0) is 51.3 Å². The van der Waals surface area contributed by atoms with Crippen molar-refractivity contribution in [2.45, 2.75) is 39.2 Å². The SMILES string of the molecule is Cc1c(C)n(C)c2cc(C3CCCCN3C(=O)c3cc(F)ccc3NS(C)(=O)=O)nn2c1=O. The molecule has 0 spiro atoms. The van der Waals surface area contributed by atoms with Gasteiger partial charge in [-0.2, -0.15) is 9.61 Å². The number of sulfonamides is 1. The molecule has 176 valence electrons. The molecule has 0 bridgehead atoms. The van der Waals surface area contributed by atoms with Crippen LogP contribution in [-0.2, 0) is 17.1 Å². The Morgan fingerprint density at radius 3 is 2.64 bits per heavy atom. The molecular formula is C22H26FN5O4S. The Balaban J connectivity index is 1.79. The number of hydrogen-bond donors (Lipinski definition) is 1. The van der Waals surface area contributed by atoms with Crippen molar-refractivity contribution in [2.75, 3.05) is 17.5 Å². The predicted molar refractivity (Wildman–Crippen MR) is 122 cm³/mol.